The Morgan fingerprint density at radius 1 is 1.08 bits per heavy atom. The van der Waals surface area contributed by atoms with Crippen molar-refractivity contribution >= 4 is 43.3 Å². The van der Waals surface area contributed by atoms with Gasteiger partial charge in [-0.3, -0.25) is 9.59 Å². The van der Waals surface area contributed by atoms with Crippen molar-refractivity contribution < 1.29 is 27.9 Å². The van der Waals surface area contributed by atoms with E-state index in [-0.39, 0.29) is 36.9 Å². The Bertz CT molecular complexity index is 1620. The van der Waals surface area contributed by atoms with Gasteiger partial charge in [0.25, 0.3) is 11.5 Å². The van der Waals surface area contributed by atoms with Crippen LogP contribution in [0, 0.1) is 0 Å². The molecule has 0 unspecified atom stereocenters. The number of sulfone groups is 1. The number of rotatable bonds is 10. The Balaban J connectivity index is 1.39. The number of nitrogens with zero attached hydrogens (tertiary/aromatic N) is 1. The monoisotopic (exact) mass is 541 g/mol. The van der Waals surface area contributed by atoms with Gasteiger partial charge >= 0.3 is 5.97 Å². The van der Waals surface area contributed by atoms with E-state index in [1.165, 1.54) is 23.5 Å². The molecular formula is C25H23N3O7S2. The zero-order valence-electron chi connectivity index (χ0n) is 19.7. The van der Waals surface area contributed by atoms with Crippen LogP contribution in [-0.2, 0) is 40.1 Å². The highest BCUT2D eigenvalue weighted by Gasteiger charge is 2.16. The first-order chi connectivity index (χ1) is 17.6. The van der Waals surface area contributed by atoms with Gasteiger partial charge in [0.15, 0.2) is 9.84 Å². The lowest BCUT2D eigenvalue weighted by atomic mass is 10.1. The standard InChI is InChI=1S/C25H23N3O7S2/c1-37(33,34)14-17-4-2-3-16(9-17)10-26-23(30)21-27-22(29)20-19(13-36-24(20)28-21)12-35-11-15-5-7-18(8-6-15)25(31)32/h2-9,13H,10-12,14H2,1H3,(H,26,30)(H,31,32)(H,27,28,29). The first-order valence-corrected chi connectivity index (χ1v) is 14.0. The van der Waals surface area contributed by atoms with Gasteiger partial charge < -0.3 is 20.1 Å². The SMILES string of the molecule is CS(=O)(=O)Cc1cccc(CNC(=O)c2nc3scc(COCc4ccc(C(=O)O)cc4)c3c(=O)[nH]2)c1. The topological polar surface area (TPSA) is 156 Å². The zero-order valence-corrected chi connectivity index (χ0v) is 21.3. The maximum absolute atomic E-state index is 12.7. The van der Waals surface area contributed by atoms with Crippen LogP contribution in [0.3, 0.4) is 0 Å². The fourth-order valence-electron chi connectivity index (χ4n) is 3.64. The number of thiophene rings is 1. The number of aromatic amines is 1. The number of aromatic carboxylic acids is 1. The van der Waals surface area contributed by atoms with Crippen molar-refractivity contribution in [2.45, 2.75) is 25.5 Å². The number of hydrogen-bond acceptors (Lipinski definition) is 8. The summed E-state index contributed by atoms with van der Waals surface area (Å²) in [5, 5.41) is 13.7. The normalized spacial score (nSPS) is 11.5. The summed E-state index contributed by atoms with van der Waals surface area (Å²) in [5.74, 6) is -1.79. The maximum atomic E-state index is 12.7. The summed E-state index contributed by atoms with van der Waals surface area (Å²) in [6.45, 7) is 0.504. The molecule has 4 rings (SSSR count). The van der Waals surface area contributed by atoms with Gasteiger partial charge in [-0.05, 0) is 34.2 Å². The molecule has 0 saturated heterocycles. The van der Waals surface area contributed by atoms with Crippen molar-refractivity contribution in [1.82, 2.24) is 15.3 Å². The van der Waals surface area contributed by atoms with Gasteiger partial charge in [-0.25, -0.2) is 18.2 Å². The van der Waals surface area contributed by atoms with Crippen LogP contribution >= 0.6 is 11.3 Å². The van der Waals surface area contributed by atoms with E-state index in [1.54, 1.807) is 41.8 Å². The third kappa shape index (κ3) is 6.88. The van der Waals surface area contributed by atoms with E-state index >= 15 is 0 Å². The Labute approximate surface area is 215 Å². The van der Waals surface area contributed by atoms with Gasteiger partial charge in [0.2, 0.25) is 5.82 Å². The summed E-state index contributed by atoms with van der Waals surface area (Å²) in [6, 6.07) is 13.2. The largest absolute Gasteiger partial charge is 0.478 e. The highest BCUT2D eigenvalue weighted by Crippen LogP contribution is 2.22. The van der Waals surface area contributed by atoms with E-state index in [2.05, 4.69) is 15.3 Å². The number of benzene rings is 2. The fourth-order valence-corrected chi connectivity index (χ4v) is 5.35. The molecule has 0 spiro atoms. The van der Waals surface area contributed by atoms with E-state index in [4.69, 9.17) is 9.84 Å². The van der Waals surface area contributed by atoms with Crippen molar-refractivity contribution in [2.24, 2.45) is 0 Å². The molecule has 0 bridgehead atoms. The van der Waals surface area contributed by atoms with Crippen LogP contribution in [0.2, 0.25) is 0 Å². The Kier molecular flexibility index (Phi) is 7.81. The number of carbonyl (C=O) groups excluding carboxylic acids is 1. The van der Waals surface area contributed by atoms with Crippen LogP contribution < -0.4 is 10.9 Å². The van der Waals surface area contributed by atoms with Crippen molar-refractivity contribution in [2.75, 3.05) is 6.26 Å². The molecule has 3 N–H and O–H groups in total. The van der Waals surface area contributed by atoms with Crippen LogP contribution in [0.15, 0.2) is 58.7 Å². The Morgan fingerprint density at radius 3 is 2.51 bits per heavy atom. The summed E-state index contributed by atoms with van der Waals surface area (Å²) >= 11 is 1.22. The van der Waals surface area contributed by atoms with Crippen LogP contribution in [0.4, 0.5) is 0 Å². The van der Waals surface area contributed by atoms with Gasteiger partial charge in [-0.2, -0.15) is 0 Å². The summed E-state index contributed by atoms with van der Waals surface area (Å²) in [7, 11) is -3.18. The second-order valence-corrected chi connectivity index (χ2v) is 11.4. The smallest absolute Gasteiger partial charge is 0.335 e. The number of carboxylic acids is 1. The zero-order chi connectivity index (χ0) is 26.6. The first kappa shape index (κ1) is 26.2. The lowest BCUT2D eigenvalue weighted by Crippen LogP contribution is -2.27. The molecule has 0 saturated carbocycles. The van der Waals surface area contributed by atoms with E-state index in [1.807, 2.05) is 0 Å². The lowest BCUT2D eigenvalue weighted by molar-refractivity contribution is 0.0696. The predicted octanol–water partition coefficient (Wildman–Crippen LogP) is 2.87. The number of amides is 1. The number of hydrogen-bond donors (Lipinski definition) is 3. The molecule has 2 aromatic heterocycles. The van der Waals surface area contributed by atoms with E-state index in [9.17, 15) is 22.8 Å². The summed E-state index contributed by atoms with van der Waals surface area (Å²) < 4.78 is 28.7. The number of nitrogens with one attached hydrogen (secondary N) is 2. The average Bonchev–Trinajstić information content (AvgIpc) is 3.25. The molecule has 0 fully saturated rings. The number of carboxylic acid groups (broad SMARTS) is 1. The number of carbonyl (C=O) groups is 2. The quantitative estimate of drug-likeness (QED) is 0.277. The second kappa shape index (κ2) is 11.0. The van der Waals surface area contributed by atoms with Gasteiger partial charge in [0.05, 0.1) is 29.9 Å². The Hall–Kier alpha value is -3.87. The van der Waals surface area contributed by atoms with E-state index in [0.29, 0.717) is 26.9 Å². The van der Waals surface area contributed by atoms with Crippen LogP contribution in [0.25, 0.3) is 10.2 Å². The van der Waals surface area contributed by atoms with Crippen molar-refractivity contribution in [3.05, 3.63) is 97.9 Å². The molecule has 0 aliphatic carbocycles. The molecule has 0 aliphatic rings. The molecule has 10 nitrogen and oxygen atoms in total. The van der Waals surface area contributed by atoms with E-state index < -0.39 is 27.3 Å². The van der Waals surface area contributed by atoms with Crippen molar-refractivity contribution in [3.63, 3.8) is 0 Å². The molecule has 2 aromatic carbocycles. The molecule has 0 atom stereocenters. The molecule has 37 heavy (non-hydrogen) atoms. The molecule has 0 radical (unpaired) electrons. The van der Waals surface area contributed by atoms with Crippen molar-refractivity contribution in [1.29, 1.82) is 0 Å². The van der Waals surface area contributed by atoms with Gasteiger partial charge in [0, 0.05) is 18.4 Å². The third-order valence-electron chi connectivity index (χ3n) is 5.34. The molecule has 192 valence electrons. The Morgan fingerprint density at radius 2 is 1.81 bits per heavy atom. The third-order valence-corrected chi connectivity index (χ3v) is 7.11. The molecule has 2 heterocycles. The van der Waals surface area contributed by atoms with Crippen LogP contribution in [0.1, 0.15) is 43.2 Å². The molecule has 12 heteroatoms. The molecule has 1 amide bonds. The number of aromatic nitrogens is 2. The molecule has 4 aromatic rings. The minimum Gasteiger partial charge on any atom is -0.478 e. The number of fused-ring (bicyclic) bond motifs is 1. The predicted molar refractivity (Wildman–Crippen MR) is 138 cm³/mol. The lowest BCUT2D eigenvalue weighted by Gasteiger charge is -2.07. The minimum absolute atomic E-state index is 0.0955. The highest BCUT2D eigenvalue weighted by atomic mass is 32.2. The van der Waals surface area contributed by atoms with Crippen LogP contribution in [0.5, 0.6) is 0 Å². The van der Waals surface area contributed by atoms with Gasteiger partial charge in [-0.15, -0.1) is 11.3 Å². The van der Waals surface area contributed by atoms with Gasteiger partial charge in [-0.1, -0.05) is 36.4 Å². The first-order valence-electron chi connectivity index (χ1n) is 11.0. The average molecular weight is 542 g/mol. The van der Waals surface area contributed by atoms with Gasteiger partial charge in [0.1, 0.15) is 4.83 Å². The van der Waals surface area contributed by atoms with Crippen molar-refractivity contribution in [3.8, 4) is 0 Å². The second-order valence-electron chi connectivity index (χ2n) is 8.42. The number of H-pyrrole nitrogens is 1. The molecule has 0 aliphatic heterocycles. The highest BCUT2D eigenvalue weighted by molar-refractivity contribution is 7.89. The van der Waals surface area contributed by atoms with Crippen LogP contribution in [-0.4, -0.2) is 41.6 Å². The minimum atomic E-state index is -3.18. The number of ether oxygens (including phenoxy) is 1. The summed E-state index contributed by atoms with van der Waals surface area (Å²) in [6.07, 6.45) is 1.16. The maximum Gasteiger partial charge on any atom is 0.335 e. The summed E-state index contributed by atoms with van der Waals surface area (Å²) in [5.41, 5.74) is 2.48. The molecular weight excluding hydrogens is 518 g/mol. The van der Waals surface area contributed by atoms with E-state index in [0.717, 1.165) is 11.8 Å². The summed E-state index contributed by atoms with van der Waals surface area (Å²) in [4.78, 5) is 43.5. The fraction of sp³-hybridized carbons (Fsp3) is 0.200.